The van der Waals surface area contributed by atoms with Crippen LogP contribution in [0.4, 0.5) is 4.39 Å². The average molecular weight is 230 g/mol. The number of hydrogen-bond donors (Lipinski definition) is 1. The van der Waals surface area contributed by atoms with E-state index >= 15 is 0 Å². The number of carbonyl (C=O) groups is 1. The van der Waals surface area contributed by atoms with Gasteiger partial charge in [-0.1, -0.05) is 0 Å². The minimum Gasteiger partial charge on any atom is -0.376 e. The molecule has 0 aliphatic carbocycles. The molecule has 0 saturated carbocycles. The summed E-state index contributed by atoms with van der Waals surface area (Å²) < 4.78 is 18.3. The van der Waals surface area contributed by atoms with Crippen LogP contribution in [0.15, 0.2) is 0 Å². The molecule has 2 heterocycles. The summed E-state index contributed by atoms with van der Waals surface area (Å²) in [5.74, 6) is -0.0235. The molecule has 0 spiro atoms. The summed E-state index contributed by atoms with van der Waals surface area (Å²) >= 11 is 0. The Balaban J connectivity index is 1.60. The van der Waals surface area contributed by atoms with Gasteiger partial charge in [-0.2, -0.15) is 0 Å². The monoisotopic (exact) mass is 230 g/mol. The number of hydrogen-bond acceptors (Lipinski definition) is 3. The second-order valence-electron chi connectivity index (χ2n) is 4.56. The number of likely N-dealkylation sites (tertiary alicyclic amines) is 1. The first-order valence-corrected chi connectivity index (χ1v) is 5.99. The maximum absolute atomic E-state index is 12.9. The van der Waals surface area contributed by atoms with Gasteiger partial charge < -0.3 is 10.1 Å². The van der Waals surface area contributed by atoms with Crippen LogP contribution in [0.5, 0.6) is 0 Å². The van der Waals surface area contributed by atoms with E-state index in [1.54, 1.807) is 0 Å². The van der Waals surface area contributed by atoms with Gasteiger partial charge in [0.2, 0.25) is 5.91 Å². The molecule has 1 N–H and O–H groups in total. The maximum atomic E-state index is 12.9. The van der Waals surface area contributed by atoms with Crippen molar-refractivity contribution in [2.24, 2.45) is 0 Å². The van der Waals surface area contributed by atoms with Gasteiger partial charge in [0.15, 0.2) is 0 Å². The lowest BCUT2D eigenvalue weighted by Gasteiger charge is -2.15. The Morgan fingerprint density at radius 1 is 1.50 bits per heavy atom. The van der Waals surface area contributed by atoms with E-state index < -0.39 is 6.17 Å². The highest BCUT2D eigenvalue weighted by Gasteiger charge is 2.23. The van der Waals surface area contributed by atoms with Crippen molar-refractivity contribution in [3.05, 3.63) is 0 Å². The lowest BCUT2D eigenvalue weighted by Crippen LogP contribution is -2.39. The van der Waals surface area contributed by atoms with Crippen LogP contribution in [0.1, 0.15) is 19.3 Å². The van der Waals surface area contributed by atoms with Gasteiger partial charge in [-0.05, 0) is 19.3 Å². The van der Waals surface area contributed by atoms with Gasteiger partial charge in [-0.15, -0.1) is 0 Å². The molecule has 0 radical (unpaired) electrons. The summed E-state index contributed by atoms with van der Waals surface area (Å²) in [7, 11) is 0. The highest BCUT2D eigenvalue weighted by Crippen LogP contribution is 2.12. The van der Waals surface area contributed by atoms with E-state index in [1.165, 1.54) is 0 Å². The van der Waals surface area contributed by atoms with Gasteiger partial charge in [0.1, 0.15) is 6.17 Å². The third-order valence-electron chi connectivity index (χ3n) is 3.13. The molecule has 0 aromatic heterocycles. The predicted molar refractivity (Wildman–Crippen MR) is 57.9 cm³/mol. The summed E-state index contributed by atoms with van der Waals surface area (Å²) in [6, 6.07) is 0. The molecule has 2 fully saturated rings. The van der Waals surface area contributed by atoms with Crippen LogP contribution < -0.4 is 5.32 Å². The highest BCUT2D eigenvalue weighted by molar-refractivity contribution is 5.78. The molecule has 2 unspecified atom stereocenters. The van der Waals surface area contributed by atoms with Crippen molar-refractivity contribution >= 4 is 5.91 Å². The van der Waals surface area contributed by atoms with Crippen molar-refractivity contribution < 1.29 is 13.9 Å². The zero-order valence-corrected chi connectivity index (χ0v) is 9.45. The molecule has 2 aliphatic rings. The molecular weight excluding hydrogens is 211 g/mol. The maximum Gasteiger partial charge on any atom is 0.234 e. The number of alkyl halides is 1. The lowest BCUT2D eigenvalue weighted by atomic mass is 10.2. The minimum absolute atomic E-state index is 0.0235. The first-order valence-electron chi connectivity index (χ1n) is 5.99. The van der Waals surface area contributed by atoms with Crippen molar-refractivity contribution in [2.45, 2.75) is 31.5 Å². The van der Waals surface area contributed by atoms with E-state index in [9.17, 15) is 9.18 Å². The van der Waals surface area contributed by atoms with Crippen LogP contribution in [0, 0.1) is 0 Å². The van der Waals surface area contributed by atoms with Gasteiger partial charge in [-0.3, -0.25) is 9.69 Å². The fraction of sp³-hybridized carbons (Fsp3) is 0.909. The minimum atomic E-state index is -0.758. The Kier molecular flexibility index (Phi) is 4.12. The normalized spacial score (nSPS) is 30.8. The third kappa shape index (κ3) is 3.42. The Hall–Kier alpha value is -0.680. The summed E-state index contributed by atoms with van der Waals surface area (Å²) in [5.41, 5.74) is 0. The number of ether oxygens (including phenoxy) is 1. The molecule has 2 aliphatic heterocycles. The van der Waals surface area contributed by atoms with Crippen molar-refractivity contribution in [1.29, 1.82) is 0 Å². The topological polar surface area (TPSA) is 41.6 Å². The molecule has 2 atom stereocenters. The number of nitrogens with one attached hydrogen (secondary N) is 1. The predicted octanol–water partition coefficient (Wildman–Crippen LogP) is 0.325. The molecule has 0 aromatic rings. The van der Waals surface area contributed by atoms with E-state index in [0.29, 0.717) is 32.6 Å². The molecule has 2 rings (SSSR count). The van der Waals surface area contributed by atoms with E-state index in [1.807, 2.05) is 4.90 Å². The number of nitrogens with zero attached hydrogens (tertiary/aromatic N) is 1. The van der Waals surface area contributed by atoms with Gasteiger partial charge in [-0.25, -0.2) is 4.39 Å². The van der Waals surface area contributed by atoms with Crippen LogP contribution in [0.2, 0.25) is 0 Å². The first-order chi connectivity index (χ1) is 7.74. The summed E-state index contributed by atoms with van der Waals surface area (Å²) in [5, 5.41) is 2.84. The molecule has 5 heteroatoms. The molecule has 16 heavy (non-hydrogen) atoms. The first kappa shape index (κ1) is 11.8. The van der Waals surface area contributed by atoms with Gasteiger partial charge >= 0.3 is 0 Å². The van der Waals surface area contributed by atoms with Crippen LogP contribution in [0.25, 0.3) is 0 Å². The quantitative estimate of drug-likeness (QED) is 0.756. The fourth-order valence-corrected chi connectivity index (χ4v) is 2.22. The Labute approximate surface area is 95.1 Å². The largest absolute Gasteiger partial charge is 0.376 e. The second kappa shape index (κ2) is 5.59. The molecule has 0 aromatic carbocycles. The molecule has 2 saturated heterocycles. The van der Waals surface area contributed by atoms with Crippen molar-refractivity contribution in [1.82, 2.24) is 10.2 Å². The fourth-order valence-electron chi connectivity index (χ4n) is 2.22. The van der Waals surface area contributed by atoms with E-state index in [-0.39, 0.29) is 12.0 Å². The molecule has 4 nitrogen and oxygen atoms in total. The van der Waals surface area contributed by atoms with E-state index in [2.05, 4.69) is 5.32 Å². The van der Waals surface area contributed by atoms with Gasteiger partial charge in [0.25, 0.3) is 0 Å². The van der Waals surface area contributed by atoms with Crippen LogP contribution in [-0.4, -0.2) is 55.9 Å². The zero-order chi connectivity index (χ0) is 11.4. The summed E-state index contributed by atoms with van der Waals surface area (Å²) in [4.78, 5) is 13.4. The lowest BCUT2D eigenvalue weighted by molar-refractivity contribution is -0.122. The molecular formula is C11H19FN2O2. The summed E-state index contributed by atoms with van der Waals surface area (Å²) in [6.07, 6.45) is 2.08. The van der Waals surface area contributed by atoms with Crippen LogP contribution >= 0.6 is 0 Å². The average Bonchev–Trinajstić information content (AvgIpc) is 2.87. The Morgan fingerprint density at radius 2 is 2.38 bits per heavy atom. The SMILES string of the molecule is O=C(CN1CCC(F)C1)NCC1CCCO1. The van der Waals surface area contributed by atoms with E-state index in [0.717, 1.165) is 19.4 Å². The van der Waals surface area contributed by atoms with Gasteiger partial charge in [0.05, 0.1) is 12.6 Å². The molecule has 92 valence electrons. The smallest absolute Gasteiger partial charge is 0.234 e. The van der Waals surface area contributed by atoms with Crippen molar-refractivity contribution in [3.63, 3.8) is 0 Å². The standard InChI is InChI=1S/C11H19FN2O2/c12-9-3-4-14(7-9)8-11(15)13-6-10-2-1-5-16-10/h9-10H,1-8H2,(H,13,15). The zero-order valence-electron chi connectivity index (χ0n) is 9.45. The van der Waals surface area contributed by atoms with E-state index in [4.69, 9.17) is 4.74 Å². The number of rotatable bonds is 4. The number of amides is 1. The molecule has 0 bridgehead atoms. The number of carbonyl (C=O) groups excluding carboxylic acids is 1. The van der Waals surface area contributed by atoms with Crippen molar-refractivity contribution in [2.75, 3.05) is 32.8 Å². The number of halogens is 1. The van der Waals surface area contributed by atoms with Crippen LogP contribution in [0.3, 0.4) is 0 Å². The highest BCUT2D eigenvalue weighted by atomic mass is 19.1. The van der Waals surface area contributed by atoms with Gasteiger partial charge in [0, 0.05) is 26.2 Å². The second-order valence-corrected chi connectivity index (χ2v) is 4.56. The third-order valence-corrected chi connectivity index (χ3v) is 3.13. The summed E-state index contributed by atoms with van der Waals surface area (Å²) in [6.45, 7) is 2.79. The van der Waals surface area contributed by atoms with Crippen molar-refractivity contribution in [3.8, 4) is 0 Å². The Morgan fingerprint density at radius 3 is 3.00 bits per heavy atom. The van der Waals surface area contributed by atoms with Crippen LogP contribution in [-0.2, 0) is 9.53 Å². The molecule has 1 amide bonds. The Bertz CT molecular complexity index is 244.